The van der Waals surface area contributed by atoms with Gasteiger partial charge in [0.2, 0.25) is 11.8 Å². The number of benzene rings is 1. The van der Waals surface area contributed by atoms with E-state index in [0.29, 0.717) is 22.0 Å². The average molecular weight is 446 g/mol. The van der Waals surface area contributed by atoms with E-state index in [0.717, 1.165) is 12.1 Å². The Morgan fingerprint density at radius 3 is 2.62 bits per heavy atom. The van der Waals surface area contributed by atoms with Crippen LogP contribution in [0.2, 0.25) is 0 Å². The van der Waals surface area contributed by atoms with Gasteiger partial charge in [0.25, 0.3) is 5.91 Å². The molecule has 0 bridgehead atoms. The summed E-state index contributed by atoms with van der Waals surface area (Å²) in [6.45, 7) is 3.61. The molecule has 10 heteroatoms. The lowest BCUT2D eigenvalue weighted by Gasteiger charge is -2.12. The molecule has 2 N–H and O–H groups in total. The summed E-state index contributed by atoms with van der Waals surface area (Å²) in [4.78, 5) is 32.2. The van der Waals surface area contributed by atoms with Crippen molar-refractivity contribution in [3.05, 3.63) is 59.4 Å². The number of carbonyl (C=O) groups is 2. The molecule has 3 rings (SSSR count). The van der Waals surface area contributed by atoms with Crippen LogP contribution >= 0.6 is 0 Å². The Morgan fingerprint density at radius 2 is 1.91 bits per heavy atom. The summed E-state index contributed by atoms with van der Waals surface area (Å²) in [5.74, 6) is -0.133. The molecule has 2 heterocycles. The van der Waals surface area contributed by atoms with Crippen LogP contribution in [-0.2, 0) is 11.0 Å². The third kappa shape index (κ3) is 5.71. The second kappa shape index (κ2) is 9.63. The van der Waals surface area contributed by atoms with E-state index in [1.807, 2.05) is 0 Å². The van der Waals surface area contributed by atoms with Gasteiger partial charge in [-0.1, -0.05) is 6.92 Å². The number of hydrogen-bond donors (Lipinski definition) is 2. The zero-order valence-electron chi connectivity index (χ0n) is 17.4. The second-order valence-corrected chi connectivity index (χ2v) is 6.94. The number of pyridine rings is 2. The van der Waals surface area contributed by atoms with Crippen molar-refractivity contribution in [3.8, 4) is 5.88 Å². The number of hydrogen-bond acceptors (Lipinski definition) is 5. The van der Waals surface area contributed by atoms with E-state index in [2.05, 4.69) is 20.6 Å². The number of ether oxygens (including phenoxy) is 1. The number of aromatic nitrogens is 2. The van der Waals surface area contributed by atoms with Gasteiger partial charge in [-0.15, -0.1) is 0 Å². The van der Waals surface area contributed by atoms with E-state index in [-0.39, 0.29) is 43.1 Å². The number of amides is 2. The molecule has 0 atom stereocenters. The Bertz CT molecular complexity index is 1150. The molecule has 32 heavy (non-hydrogen) atoms. The summed E-state index contributed by atoms with van der Waals surface area (Å²) in [6, 6.07) is 7.85. The second-order valence-electron chi connectivity index (χ2n) is 6.94. The number of anilines is 1. The Labute approximate surface area is 182 Å². The maximum atomic E-state index is 12.9. The van der Waals surface area contributed by atoms with Crippen molar-refractivity contribution >= 4 is 28.4 Å². The van der Waals surface area contributed by atoms with Crippen molar-refractivity contribution in [2.45, 2.75) is 26.4 Å². The number of halogens is 3. The molecule has 0 unspecified atom stereocenters. The van der Waals surface area contributed by atoms with Crippen molar-refractivity contribution in [2.75, 3.05) is 18.5 Å². The summed E-state index contributed by atoms with van der Waals surface area (Å²) in [5, 5.41) is 6.09. The van der Waals surface area contributed by atoms with E-state index in [4.69, 9.17) is 4.74 Å². The number of nitrogens with one attached hydrogen (secondary N) is 2. The maximum Gasteiger partial charge on any atom is 0.416 e. The zero-order valence-corrected chi connectivity index (χ0v) is 17.4. The van der Waals surface area contributed by atoms with E-state index in [1.165, 1.54) is 24.4 Å². The molecule has 0 aliphatic heterocycles. The normalized spacial score (nSPS) is 11.3. The van der Waals surface area contributed by atoms with Crippen molar-refractivity contribution in [3.63, 3.8) is 0 Å². The molecule has 0 aliphatic carbocycles. The first-order valence-corrected chi connectivity index (χ1v) is 9.83. The summed E-state index contributed by atoms with van der Waals surface area (Å²) in [7, 11) is 0. The SMILES string of the molecule is CCC(=O)Nc1cc(C(=O)NCCOc2nccc3cc(C(F)(F)F)ccc23)cc(C)n1. The summed E-state index contributed by atoms with van der Waals surface area (Å²) in [5.41, 5.74) is 0.141. The van der Waals surface area contributed by atoms with Gasteiger partial charge < -0.3 is 15.4 Å². The largest absolute Gasteiger partial charge is 0.475 e. The van der Waals surface area contributed by atoms with Crippen molar-refractivity contribution < 1.29 is 27.5 Å². The fourth-order valence-corrected chi connectivity index (χ4v) is 2.95. The van der Waals surface area contributed by atoms with Crippen LogP contribution in [0, 0.1) is 6.92 Å². The Balaban J connectivity index is 1.61. The van der Waals surface area contributed by atoms with E-state index in [9.17, 15) is 22.8 Å². The first kappa shape index (κ1) is 23.0. The van der Waals surface area contributed by atoms with Crippen LogP contribution in [0.4, 0.5) is 19.0 Å². The molecule has 0 aliphatic rings. The molecular weight excluding hydrogens is 425 g/mol. The van der Waals surface area contributed by atoms with Gasteiger partial charge in [-0.05, 0) is 48.7 Å². The first-order chi connectivity index (χ1) is 15.2. The first-order valence-electron chi connectivity index (χ1n) is 9.83. The van der Waals surface area contributed by atoms with Gasteiger partial charge in [0.1, 0.15) is 12.4 Å². The van der Waals surface area contributed by atoms with E-state index < -0.39 is 11.7 Å². The van der Waals surface area contributed by atoms with E-state index in [1.54, 1.807) is 19.9 Å². The molecular formula is C22H21F3N4O3. The third-order valence-electron chi connectivity index (χ3n) is 4.49. The zero-order chi connectivity index (χ0) is 23.3. The minimum absolute atomic E-state index is 0.0579. The van der Waals surface area contributed by atoms with Crippen LogP contribution in [0.3, 0.4) is 0 Å². The molecule has 168 valence electrons. The summed E-state index contributed by atoms with van der Waals surface area (Å²) in [6.07, 6.45) is -2.79. The van der Waals surface area contributed by atoms with Crippen LogP contribution in [-0.4, -0.2) is 34.9 Å². The van der Waals surface area contributed by atoms with Crippen LogP contribution < -0.4 is 15.4 Å². The highest BCUT2D eigenvalue weighted by atomic mass is 19.4. The predicted molar refractivity (Wildman–Crippen MR) is 112 cm³/mol. The van der Waals surface area contributed by atoms with Crippen molar-refractivity contribution in [2.24, 2.45) is 0 Å². The number of fused-ring (bicyclic) bond motifs is 1. The van der Waals surface area contributed by atoms with Crippen LogP contribution in [0.15, 0.2) is 42.6 Å². The highest BCUT2D eigenvalue weighted by Gasteiger charge is 2.30. The molecule has 7 nitrogen and oxygen atoms in total. The molecule has 0 saturated carbocycles. The fraction of sp³-hybridized carbons (Fsp3) is 0.273. The topological polar surface area (TPSA) is 93.2 Å². The summed E-state index contributed by atoms with van der Waals surface area (Å²) < 4.78 is 44.3. The Kier molecular flexibility index (Phi) is 6.92. The molecule has 0 saturated heterocycles. The highest BCUT2D eigenvalue weighted by molar-refractivity contribution is 5.96. The van der Waals surface area contributed by atoms with Gasteiger partial charge in [0, 0.05) is 29.3 Å². The van der Waals surface area contributed by atoms with Crippen LogP contribution in [0.5, 0.6) is 5.88 Å². The van der Waals surface area contributed by atoms with Crippen molar-refractivity contribution in [1.82, 2.24) is 15.3 Å². The predicted octanol–water partition coefficient (Wildman–Crippen LogP) is 4.11. The smallest absolute Gasteiger partial charge is 0.416 e. The van der Waals surface area contributed by atoms with Crippen LogP contribution in [0.25, 0.3) is 10.8 Å². The monoisotopic (exact) mass is 446 g/mol. The van der Waals surface area contributed by atoms with Gasteiger partial charge in [0.15, 0.2) is 0 Å². The van der Waals surface area contributed by atoms with Gasteiger partial charge in [-0.2, -0.15) is 13.2 Å². The van der Waals surface area contributed by atoms with Crippen LogP contribution in [0.1, 0.15) is 35.0 Å². The summed E-state index contributed by atoms with van der Waals surface area (Å²) >= 11 is 0. The van der Waals surface area contributed by atoms with Gasteiger partial charge >= 0.3 is 6.18 Å². The molecule has 0 fully saturated rings. The number of nitrogens with zero attached hydrogens (tertiary/aromatic N) is 2. The molecule has 0 radical (unpaired) electrons. The van der Waals surface area contributed by atoms with E-state index >= 15 is 0 Å². The third-order valence-corrected chi connectivity index (χ3v) is 4.49. The highest BCUT2D eigenvalue weighted by Crippen LogP contribution is 2.33. The molecule has 3 aromatic rings. The average Bonchev–Trinajstić information content (AvgIpc) is 2.75. The number of carbonyl (C=O) groups excluding carboxylic acids is 2. The molecule has 2 aromatic heterocycles. The standard InChI is InChI=1S/C22H21F3N4O3/c1-3-19(30)29-18-12-15(10-13(2)28-18)20(31)26-8-9-32-21-17-5-4-16(22(23,24)25)11-14(17)6-7-27-21/h4-7,10-12H,3,8-9H2,1-2H3,(H,26,31)(H,28,29,30). The maximum absolute atomic E-state index is 12.9. The molecule has 2 amide bonds. The lowest BCUT2D eigenvalue weighted by atomic mass is 10.1. The van der Waals surface area contributed by atoms with Crippen molar-refractivity contribution in [1.29, 1.82) is 0 Å². The minimum atomic E-state index is -4.44. The van der Waals surface area contributed by atoms with Gasteiger partial charge in [-0.3, -0.25) is 9.59 Å². The molecule has 0 spiro atoms. The number of rotatable bonds is 7. The number of alkyl halides is 3. The quantitative estimate of drug-likeness (QED) is 0.533. The fourth-order valence-electron chi connectivity index (χ4n) is 2.95. The Hall–Kier alpha value is -3.69. The van der Waals surface area contributed by atoms with Gasteiger partial charge in [-0.25, -0.2) is 9.97 Å². The lowest BCUT2D eigenvalue weighted by Crippen LogP contribution is -2.28. The minimum Gasteiger partial charge on any atom is -0.475 e. The van der Waals surface area contributed by atoms with Gasteiger partial charge in [0.05, 0.1) is 12.1 Å². The number of aryl methyl sites for hydroxylation is 1. The Morgan fingerprint density at radius 1 is 1.12 bits per heavy atom. The lowest BCUT2D eigenvalue weighted by molar-refractivity contribution is -0.137. The molecule has 1 aromatic carbocycles.